The first kappa shape index (κ1) is 23.5. The van der Waals surface area contributed by atoms with Gasteiger partial charge in [0.05, 0.1) is 22.3 Å². The van der Waals surface area contributed by atoms with Crippen molar-refractivity contribution < 1.29 is 49.2 Å². The van der Waals surface area contributed by atoms with Gasteiger partial charge in [-0.15, -0.1) is 0 Å². The number of aromatic carboxylic acids is 4. The van der Waals surface area contributed by atoms with Crippen molar-refractivity contribution in [1.29, 1.82) is 0 Å². The van der Waals surface area contributed by atoms with Crippen molar-refractivity contribution in [1.82, 2.24) is 0 Å². The molecule has 0 bridgehead atoms. The molecule has 0 heterocycles. The molecule has 0 spiro atoms. The SMILES string of the molecule is O=C(c1ccc(C(=O)c2ccc(C(=O)O)c(C(=O)O)c2)cc1)c1ccc(C(=O)O)c(C(=O)O)c1. The number of benzene rings is 3. The van der Waals surface area contributed by atoms with E-state index in [2.05, 4.69) is 0 Å². The number of carboxylic acid groups (broad SMARTS) is 4. The highest BCUT2D eigenvalue weighted by Gasteiger charge is 2.21. The Morgan fingerprint density at radius 2 is 0.647 bits per heavy atom. The Bertz CT molecular complexity index is 1280. The smallest absolute Gasteiger partial charge is 0.336 e. The number of carbonyl (C=O) groups is 6. The van der Waals surface area contributed by atoms with Gasteiger partial charge in [0.15, 0.2) is 11.6 Å². The van der Waals surface area contributed by atoms with Crippen LogP contribution in [0.25, 0.3) is 0 Å². The highest BCUT2D eigenvalue weighted by atomic mass is 16.4. The third kappa shape index (κ3) is 4.55. The summed E-state index contributed by atoms with van der Waals surface area (Å²) >= 11 is 0. The van der Waals surface area contributed by atoms with Crippen molar-refractivity contribution in [3.05, 3.63) is 105 Å². The maximum Gasteiger partial charge on any atom is 0.336 e. The molecule has 34 heavy (non-hydrogen) atoms. The molecular formula is C24H14O10. The summed E-state index contributed by atoms with van der Waals surface area (Å²) in [6.07, 6.45) is 0. The van der Waals surface area contributed by atoms with E-state index in [0.717, 1.165) is 24.3 Å². The van der Waals surface area contributed by atoms with Crippen molar-refractivity contribution >= 4 is 35.4 Å². The predicted octanol–water partition coefficient (Wildman–Crippen LogP) is 2.94. The van der Waals surface area contributed by atoms with Crippen LogP contribution < -0.4 is 0 Å². The average Bonchev–Trinajstić information content (AvgIpc) is 2.82. The van der Waals surface area contributed by atoms with Gasteiger partial charge in [-0.25, -0.2) is 19.2 Å². The van der Waals surface area contributed by atoms with Gasteiger partial charge in [-0.05, 0) is 24.3 Å². The number of hydrogen-bond acceptors (Lipinski definition) is 6. The molecule has 3 aromatic carbocycles. The maximum atomic E-state index is 12.7. The molecule has 0 amide bonds. The van der Waals surface area contributed by atoms with Crippen molar-refractivity contribution in [2.75, 3.05) is 0 Å². The first-order chi connectivity index (χ1) is 16.0. The fraction of sp³-hybridized carbons (Fsp3) is 0. The fourth-order valence-corrected chi connectivity index (χ4v) is 3.20. The molecule has 0 aromatic heterocycles. The molecule has 0 fully saturated rings. The third-order valence-corrected chi connectivity index (χ3v) is 4.89. The third-order valence-electron chi connectivity index (χ3n) is 4.89. The molecule has 0 saturated carbocycles. The zero-order valence-corrected chi connectivity index (χ0v) is 17.0. The molecule has 0 aliphatic rings. The van der Waals surface area contributed by atoms with Crippen LogP contribution in [0, 0.1) is 0 Å². The first-order valence-corrected chi connectivity index (χ1v) is 9.42. The summed E-state index contributed by atoms with van der Waals surface area (Å²) in [5.41, 5.74) is -2.02. The normalized spacial score (nSPS) is 10.4. The molecule has 3 aromatic rings. The van der Waals surface area contributed by atoms with Gasteiger partial charge in [0.2, 0.25) is 0 Å². The summed E-state index contributed by atoms with van der Waals surface area (Å²) in [6, 6.07) is 11.5. The number of carboxylic acids is 4. The Hall–Kier alpha value is -5.12. The van der Waals surface area contributed by atoms with Crippen LogP contribution in [0.5, 0.6) is 0 Å². The molecule has 0 atom stereocenters. The molecule has 0 saturated heterocycles. The molecule has 4 N–H and O–H groups in total. The summed E-state index contributed by atoms with van der Waals surface area (Å²) in [5.74, 6) is -7.16. The molecule has 170 valence electrons. The van der Waals surface area contributed by atoms with Crippen LogP contribution in [-0.2, 0) is 0 Å². The second kappa shape index (κ2) is 9.17. The summed E-state index contributed by atoms with van der Waals surface area (Å²) in [7, 11) is 0. The van der Waals surface area contributed by atoms with Crippen molar-refractivity contribution in [2.45, 2.75) is 0 Å². The molecule has 10 nitrogen and oxygen atoms in total. The lowest BCUT2D eigenvalue weighted by Crippen LogP contribution is -2.12. The Balaban J connectivity index is 1.91. The van der Waals surface area contributed by atoms with Crippen LogP contribution in [0.4, 0.5) is 0 Å². The first-order valence-electron chi connectivity index (χ1n) is 9.42. The number of carbonyl (C=O) groups excluding carboxylic acids is 2. The standard InChI is InChI=1S/C24H14O10/c25-19(13-5-7-15(21(27)28)17(9-13)23(31)32)11-1-2-12(4-3-11)20(26)14-6-8-16(22(29)30)18(10-14)24(33)34/h1-10H,(H,27,28)(H,29,30)(H,31,32)(H,33,34). The van der Waals surface area contributed by atoms with E-state index in [9.17, 15) is 39.0 Å². The van der Waals surface area contributed by atoms with Crippen molar-refractivity contribution in [3.8, 4) is 0 Å². The van der Waals surface area contributed by atoms with Crippen LogP contribution in [0.15, 0.2) is 60.7 Å². The Morgan fingerprint density at radius 3 is 0.912 bits per heavy atom. The monoisotopic (exact) mass is 462 g/mol. The summed E-state index contributed by atoms with van der Waals surface area (Å²) < 4.78 is 0. The predicted molar refractivity (Wildman–Crippen MR) is 114 cm³/mol. The lowest BCUT2D eigenvalue weighted by atomic mass is 9.95. The topological polar surface area (TPSA) is 183 Å². The second-order valence-corrected chi connectivity index (χ2v) is 6.98. The van der Waals surface area contributed by atoms with Gasteiger partial charge in [0, 0.05) is 22.3 Å². The molecule has 0 aliphatic carbocycles. The minimum atomic E-state index is -1.51. The van der Waals surface area contributed by atoms with Gasteiger partial charge in [0.1, 0.15) is 0 Å². The minimum absolute atomic E-state index is 0.0724. The van der Waals surface area contributed by atoms with E-state index >= 15 is 0 Å². The van der Waals surface area contributed by atoms with Gasteiger partial charge >= 0.3 is 23.9 Å². The molecule has 10 heteroatoms. The van der Waals surface area contributed by atoms with Gasteiger partial charge < -0.3 is 20.4 Å². The average molecular weight is 462 g/mol. The van der Waals surface area contributed by atoms with E-state index in [1.165, 1.54) is 36.4 Å². The Labute approximate surface area is 190 Å². The number of rotatable bonds is 8. The fourth-order valence-electron chi connectivity index (χ4n) is 3.20. The number of hydrogen-bond donors (Lipinski definition) is 4. The van der Waals surface area contributed by atoms with Crippen molar-refractivity contribution in [3.63, 3.8) is 0 Å². The van der Waals surface area contributed by atoms with Crippen LogP contribution in [0.3, 0.4) is 0 Å². The van der Waals surface area contributed by atoms with E-state index in [0.29, 0.717) is 0 Å². The van der Waals surface area contributed by atoms with E-state index in [1.807, 2.05) is 0 Å². The van der Waals surface area contributed by atoms with E-state index < -0.39 is 57.7 Å². The zero-order chi connectivity index (χ0) is 25.2. The van der Waals surface area contributed by atoms with Crippen LogP contribution in [0.2, 0.25) is 0 Å². The molecular weight excluding hydrogens is 448 g/mol. The van der Waals surface area contributed by atoms with E-state index in [1.54, 1.807) is 0 Å². The highest BCUT2D eigenvalue weighted by molar-refractivity contribution is 6.14. The highest BCUT2D eigenvalue weighted by Crippen LogP contribution is 2.19. The van der Waals surface area contributed by atoms with E-state index in [-0.39, 0.29) is 22.3 Å². The largest absolute Gasteiger partial charge is 0.478 e. The van der Waals surface area contributed by atoms with Crippen LogP contribution in [-0.4, -0.2) is 55.9 Å². The second-order valence-electron chi connectivity index (χ2n) is 6.98. The van der Waals surface area contributed by atoms with Crippen LogP contribution in [0.1, 0.15) is 73.3 Å². The zero-order valence-electron chi connectivity index (χ0n) is 17.0. The lowest BCUT2D eigenvalue weighted by molar-refractivity contribution is 0.0651. The number of ketones is 2. The van der Waals surface area contributed by atoms with Gasteiger partial charge in [-0.3, -0.25) is 9.59 Å². The van der Waals surface area contributed by atoms with Crippen LogP contribution >= 0.6 is 0 Å². The van der Waals surface area contributed by atoms with Gasteiger partial charge in [0.25, 0.3) is 0 Å². The Kier molecular flexibility index (Phi) is 6.35. The molecule has 0 radical (unpaired) electrons. The maximum absolute atomic E-state index is 12.7. The summed E-state index contributed by atoms with van der Waals surface area (Å²) in [5, 5.41) is 36.6. The molecule has 3 rings (SSSR count). The Morgan fingerprint density at radius 1 is 0.382 bits per heavy atom. The lowest BCUT2D eigenvalue weighted by Gasteiger charge is -2.08. The van der Waals surface area contributed by atoms with Crippen molar-refractivity contribution in [2.24, 2.45) is 0 Å². The van der Waals surface area contributed by atoms with Gasteiger partial charge in [-0.1, -0.05) is 36.4 Å². The quantitative estimate of drug-likeness (QED) is 0.363. The summed E-state index contributed by atoms with van der Waals surface area (Å²) in [6.45, 7) is 0. The molecule has 0 unspecified atom stereocenters. The van der Waals surface area contributed by atoms with E-state index in [4.69, 9.17) is 10.2 Å². The summed E-state index contributed by atoms with van der Waals surface area (Å²) in [4.78, 5) is 70.5. The minimum Gasteiger partial charge on any atom is -0.478 e. The van der Waals surface area contributed by atoms with Gasteiger partial charge in [-0.2, -0.15) is 0 Å². The molecule has 0 aliphatic heterocycles.